The molecule has 1 saturated heterocycles. The lowest BCUT2D eigenvalue weighted by atomic mass is 9.97. The number of nitrogens with zero attached hydrogens (tertiary/aromatic N) is 1. The lowest BCUT2D eigenvalue weighted by Gasteiger charge is -2.30. The molecule has 1 heterocycles. The molecular weight excluding hydrogens is 334 g/mol. The summed E-state index contributed by atoms with van der Waals surface area (Å²) in [5.74, 6) is -1.16. The summed E-state index contributed by atoms with van der Waals surface area (Å²) in [6, 6.07) is 6.50. The molecule has 1 aromatic carbocycles. The first-order valence-electron chi connectivity index (χ1n) is 7.67. The van der Waals surface area contributed by atoms with Crippen molar-refractivity contribution in [3.05, 3.63) is 29.3 Å². The van der Waals surface area contributed by atoms with E-state index in [1.54, 1.807) is 29.2 Å². The summed E-state index contributed by atoms with van der Waals surface area (Å²) in [5.41, 5.74) is 0.505. The number of nitrogens with one attached hydrogen (secondary N) is 2. The molecule has 0 aliphatic carbocycles. The SMILES string of the molecule is COC(=O)N1CCC(CNC(=O)C(=O)Nc2ccc(Cl)cc2)CC1. The molecule has 1 aliphatic rings. The molecule has 2 N–H and O–H groups in total. The maximum Gasteiger partial charge on any atom is 0.409 e. The molecule has 0 spiro atoms. The molecule has 1 aromatic rings. The average molecular weight is 354 g/mol. The van der Waals surface area contributed by atoms with E-state index in [1.807, 2.05) is 0 Å². The zero-order valence-corrected chi connectivity index (χ0v) is 14.1. The Morgan fingerprint density at radius 2 is 1.79 bits per heavy atom. The van der Waals surface area contributed by atoms with Crippen LogP contribution in [0.2, 0.25) is 5.02 Å². The van der Waals surface area contributed by atoms with Gasteiger partial charge in [0.2, 0.25) is 0 Å². The molecule has 0 unspecified atom stereocenters. The average Bonchev–Trinajstić information content (AvgIpc) is 2.61. The molecule has 8 heteroatoms. The number of piperidine rings is 1. The first-order valence-corrected chi connectivity index (χ1v) is 8.05. The third kappa shape index (κ3) is 5.13. The van der Waals surface area contributed by atoms with Gasteiger partial charge in [-0.15, -0.1) is 0 Å². The van der Waals surface area contributed by atoms with Crippen LogP contribution in [-0.2, 0) is 14.3 Å². The standard InChI is InChI=1S/C16H20ClN3O4/c1-24-16(23)20-8-6-11(7-9-20)10-18-14(21)15(22)19-13-4-2-12(17)3-5-13/h2-5,11H,6-10H2,1H3,(H,18,21)(H,19,22). The van der Waals surface area contributed by atoms with Crippen molar-refractivity contribution < 1.29 is 19.1 Å². The fourth-order valence-electron chi connectivity index (χ4n) is 2.49. The van der Waals surface area contributed by atoms with Crippen LogP contribution in [0.5, 0.6) is 0 Å². The molecule has 7 nitrogen and oxygen atoms in total. The number of anilines is 1. The van der Waals surface area contributed by atoms with Gasteiger partial charge in [0.1, 0.15) is 0 Å². The molecule has 3 amide bonds. The predicted molar refractivity (Wildman–Crippen MR) is 89.8 cm³/mol. The van der Waals surface area contributed by atoms with Crippen molar-refractivity contribution in [2.24, 2.45) is 5.92 Å². The highest BCUT2D eigenvalue weighted by molar-refractivity contribution is 6.39. The van der Waals surface area contributed by atoms with Crippen molar-refractivity contribution in [2.75, 3.05) is 32.1 Å². The van der Waals surface area contributed by atoms with Crippen LogP contribution in [0.3, 0.4) is 0 Å². The number of likely N-dealkylation sites (tertiary alicyclic amines) is 1. The fraction of sp³-hybridized carbons (Fsp3) is 0.438. The van der Waals surface area contributed by atoms with Gasteiger partial charge in [0.15, 0.2) is 0 Å². The van der Waals surface area contributed by atoms with Crippen molar-refractivity contribution in [2.45, 2.75) is 12.8 Å². The Labute approximate surface area is 145 Å². The molecule has 0 aromatic heterocycles. The van der Waals surface area contributed by atoms with E-state index in [0.717, 1.165) is 12.8 Å². The maximum absolute atomic E-state index is 11.8. The largest absolute Gasteiger partial charge is 0.453 e. The van der Waals surface area contributed by atoms with Crippen molar-refractivity contribution in [1.29, 1.82) is 0 Å². The molecule has 0 radical (unpaired) electrons. The number of carbonyl (C=O) groups is 3. The Bertz CT molecular complexity index is 598. The fourth-order valence-corrected chi connectivity index (χ4v) is 2.61. The number of hydrogen-bond donors (Lipinski definition) is 2. The number of hydrogen-bond acceptors (Lipinski definition) is 4. The molecule has 2 rings (SSSR count). The second-order valence-electron chi connectivity index (χ2n) is 5.57. The molecule has 0 atom stereocenters. The van der Waals surface area contributed by atoms with E-state index in [4.69, 9.17) is 11.6 Å². The predicted octanol–water partition coefficient (Wildman–Crippen LogP) is 1.87. The van der Waals surface area contributed by atoms with Gasteiger partial charge in [-0.1, -0.05) is 11.6 Å². The van der Waals surface area contributed by atoms with E-state index in [-0.39, 0.29) is 12.0 Å². The molecule has 1 fully saturated rings. The number of amides is 3. The van der Waals surface area contributed by atoms with Gasteiger partial charge >= 0.3 is 17.9 Å². The summed E-state index contributed by atoms with van der Waals surface area (Å²) in [6.07, 6.45) is 1.18. The van der Waals surface area contributed by atoms with Gasteiger partial charge in [-0.05, 0) is 43.0 Å². The summed E-state index contributed by atoms with van der Waals surface area (Å²) in [4.78, 5) is 36.7. The second kappa shape index (κ2) is 8.54. The Hall–Kier alpha value is -2.28. The van der Waals surface area contributed by atoms with Crippen LogP contribution < -0.4 is 10.6 Å². The van der Waals surface area contributed by atoms with E-state index >= 15 is 0 Å². The third-order valence-corrected chi connectivity index (χ3v) is 4.16. The Kier molecular flexibility index (Phi) is 6.43. The van der Waals surface area contributed by atoms with Crippen LogP contribution in [0.1, 0.15) is 12.8 Å². The molecular formula is C16H20ClN3O4. The van der Waals surface area contributed by atoms with E-state index in [1.165, 1.54) is 7.11 Å². The van der Waals surface area contributed by atoms with E-state index in [9.17, 15) is 14.4 Å². The van der Waals surface area contributed by atoms with Crippen molar-refractivity contribution in [3.63, 3.8) is 0 Å². The highest BCUT2D eigenvalue weighted by atomic mass is 35.5. The summed E-state index contributed by atoms with van der Waals surface area (Å²) < 4.78 is 4.67. The van der Waals surface area contributed by atoms with Gasteiger partial charge < -0.3 is 20.3 Å². The summed E-state index contributed by atoms with van der Waals surface area (Å²) in [6.45, 7) is 1.58. The van der Waals surface area contributed by atoms with Crippen LogP contribution in [0.4, 0.5) is 10.5 Å². The minimum atomic E-state index is -0.718. The second-order valence-corrected chi connectivity index (χ2v) is 6.01. The van der Waals surface area contributed by atoms with Crippen molar-refractivity contribution in [3.8, 4) is 0 Å². The van der Waals surface area contributed by atoms with Crippen LogP contribution in [0.15, 0.2) is 24.3 Å². The summed E-state index contributed by atoms with van der Waals surface area (Å²) >= 11 is 5.76. The van der Waals surface area contributed by atoms with E-state index in [2.05, 4.69) is 15.4 Å². The number of rotatable bonds is 3. The van der Waals surface area contributed by atoms with Crippen molar-refractivity contribution >= 4 is 35.2 Å². The van der Waals surface area contributed by atoms with Crippen LogP contribution in [-0.4, -0.2) is 49.6 Å². The number of ether oxygens (including phenoxy) is 1. The summed E-state index contributed by atoms with van der Waals surface area (Å²) in [5, 5.41) is 5.69. The molecule has 0 saturated carbocycles. The van der Waals surface area contributed by atoms with Gasteiger partial charge in [-0.2, -0.15) is 0 Å². The lowest BCUT2D eigenvalue weighted by molar-refractivity contribution is -0.136. The Morgan fingerprint density at radius 3 is 2.38 bits per heavy atom. The smallest absolute Gasteiger partial charge is 0.409 e. The number of halogens is 1. The van der Waals surface area contributed by atoms with Crippen LogP contribution in [0, 0.1) is 5.92 Å². The molecule has 0 bridgehead atoms. The number of benzene rings is 1. The third-order valence-electron chi connectivity index (χ3n) is 3.91. The van der Waals surface area contributed by atoms with Gasteiger partial charge in [-0.25, -0.2) is 4.79 Å². The van der Waals surface area contributed by atoms with E-state index in [0.29, 0.717) is 30.3 Å². The van der Waals surface area contributed by atoms with Crippen LogP contribution in [0.25, 0.3) is 0 Å². The quantitative estimate of drug-likeness (QED) is 0.812. The minimum absolute atomic E-state index is 0.234. The number of methoxy groups -OCH3 is 1. The minimum Gasteiger partial charge on any atom is -0.453 e. The normalized spacial score (nSPS) is 14.8. The van der Waals surface area contributed by atoms with Gasteiger partial charge in [0.25, 0.3) is 0 Å². The highest BCUT2D eigenvalue weighted by Gasteiger charge is 2.24. The first kappa shape index (κ1) is 18.1. The molecule has 130 valence electrons. The van der Waals surface area contributed by atoms with Gasteiger partial charge in [-0.3, -0.25) is 9.59 Å². The number of carbonyl (C=O) groups excluding carboxylic acids is 3. The van der Waals surface area contributed by atoms with Crippen LogP contribution >= 0.6 is 11.6 Å². The Morgan fingerprint density at radius 1 is 1.17 bits per heavy atom. The van der Waals surface area contributed by atoms with Crippen molar-refractivity contribution in [1.82, 2.24) is 10.2 Å². The van der Waals surface area contributed by atoms with E-state index < -0.39 is 11.8 Å². The summed E-state index contributed by atoms with van der Waals surface area (Å²) in [7, 11) is 1.36. The molecule has 24 heavy (non-hydrogen) atoms. The van der Waals surface area contributed by atoms with Gasteiger partial charge in [0, 0.05) is 30.3 Å². The Balaban J connectivity index is 1.72. The first-order chi connectivity index (χ1) is 11.5. The highest BCUT2D eigenvalue weighted by Crippen LogP contribution is 2.17. The zero-order chi connectivity index (χ0) is 17.5. The monoisotopic (exact) mass is 353 g/mol. The maximum atomic E-state index is 11.8. The van der Waals surface area contributed by atoms with Gasteiger partial charge in [0.05, 0.1) is 7.11 Å². The lowest BCUT2D eigenvalue weighted by Crippen LogP contribution is -2.43. The topological polar surface area (TPSA) is 87.7 Å². The zero-order valence-electron chi connectivity index (χ0n) is 13.4. The molecule has 1 aliphatic heterocycles.